The average molecular weight is 387 g/mol. The average Bonchev–Trinajstić information content (AvgIpc) is 2.44. The van der Waals surface area contributed by atoms with Gasteiger partial charge in [-0.2, -0.15) is 0 Å². The van der Waals surface area contributed by atoms with Gasteiger partial charge in [-0.1, -0.05) is 15.9 Å². The van der Waals surface area contributed by atoms with Gasteiger partial charge in [0.25, 0.3) is 5.91 Å². The zero-order valence-electron chi connectivity index (χ0n) is 13.9. The molecule has 2 amide bonds. The summed E-state index contributed by atoms with van der Waals surface area (Å²) in [5.74, 6) is -0.491. The molecule has 6 nitrogen and oxygen atoms in total. The van der Waals surface area contributed by atoms with Gasteiger partial charge in [0.15, 0.2) is 0 Å². The smallest absolute Gasteiger partial charge is 0.410 e. The van der Waals surface area contributed by atoms with Crippen molar-refractivity contribution in [1.82, 2.24) is 10.2 Å². The molecule has 2 N–H and O–H groups in total. The second-order valence-electron chi connectivity index (χ2n) is 5.98. The van der Waals surface area contributed by atoms with Crippen LogP contribution in [0.5, 0.6) is 5.75 Å². The summed E-state index contributed by atoms with van der Waals surface area (Å²) in [6, 6.07) is 4.63. The molecule has 0 saturated carbocycles. The van der Waals surface area contributed by atoms with Crippen LogP contribution in [0.4, 0.5) is 4.79 Å². The standard InChI is InChI=1S/C16H23BrN2O4/c1-5-19(15(22)23-16(2,3)4)9-8-18-14(21)12-10-11(17)6-7-13(12)20/h6-7,10,20H,5,8-9H2,1-4H3,(H,18,21). The normalized spacial score (nSPS) is 11.0. The molecule has 23 heavy (non-hydrogen) atoms. The summed E-state index contributed by atoms with van der Waals surface area (Å²) in [5.41, 5.74) is -0.379. The Bertz CT molecular complexity index is 570. The number of rotatable bonds is 5. The van der Waals surface area contributed by atoms with Gasteiger partial charge in [-0.25, -0.2) is 4.79 Å². The molecule has 0 fully saturated rings. The summed E-state index contributed by atoms with van der Waals surface area (Å²) in [6.45, 7) is 8.31. The predicted molar refractivity (Wildman–Crippen MR) is 91.6 cm³/mol. The number of phenolic OH excluding ortho intramolecular Hbond substituents is 1. The molecule has 0 spiro atoms. The van der Waals surface area contributed by atoms with Gasteiger partial charge in [-0.3, -0.25) is 4.79 Å². The minimum Gasteiger partial charge on any atom is -0.507 e. The lowest BCUT2D eigenvalue weighted by Crippen LogP contribution is -2.41. The number of hydrogen-bond acceptors (Lipinski definition) is 4. The maximum atomic E-state index is 12.1. The van der Waals surface area contributed by atoms with Crippen molar-refractivity contribution in [2.24, 2.45) is 0 Å². The van der Waals surface area contributed by atoms with Crippen LogP contribution in [0.2, 0.25) is 0 Å². The zero-order chi connectivity index (χ0) is 17.6. The minimum atomic E-state index is -0.560. The summed E-state index contributed by atoms with van der Waals surface area (Å²) >= 11 is 3.25. The largest absolute Gasteiger partial charge is 0.507 e. The molecule has 1 aromatic rings. The Morgan fingerprint density at radius 1 is 1.35 bits per heavy atom. The van der Waals surface area contributed by atoms with E-state index in [-0.39, 0.29) is 17.9 Å². The highest BCUT2D eigenvalue weighted by atomic mass is 79.9. The quantitative estimate of drug-likeness (QED) is 0.814. The number of nitrogens with zero attached hydrogens (tertiary/aromatic N) is 1. The van der Waals surface area contributed by atoms with E-state index in [1.165, 1.54) is 17.0 Å². The molecule has 0 radical (unpaired) electrons. The molecule has 1 aromatic carbocycles. The van der Waals surface area contributed by atoms with Gasteiger partial charge in [0.2, 0.25) is 0 Å². The lowest BCUT2D eigenvalue weighted by Gasteiger charge is -2.26. The fourth-order valence-corrected chi connectivity index (χ4v) is 2.16. The molecule has 0 aliphatic carbocycles. The van der Waals surface area contributed by atoms with Gasteiger partial charge in [0, 0.05) is 24.1 Å². The molecule has 0 bridgehead atoms. The fourth-order valence-electron chi connectivity index (χ4n) is 1.79. The first kappa shape index (κ1) is 19.3. The fraction of sp³-hybridized carbons (Fsp3) is 0.500. The molecule has 128 valence electrons. The SMILES string of the molecule is CCN(CCNC(=O)c1cc(Br)ccc1O)C(=O)OC(C)(C)C. The van der Waals surface area contributed by atoms with E-state index in [4.69, 9.17) is 4.74 Å². The number of carbonyl (C=O) groups excluding carboxylic acids is 2. The van der Waals surface area contributed by atoms with Crippen molar-refractivity contribution < 1.29 is 19.4 Å². The molecule has 0 unspecified atom stereocenters. The van der Waals surface area contributed by atoms with Crippen molar-refractivity contribution in [3.8, 4) is 5.75 Å². The monoisotopic (exact) mass is 386 g/mol. The number of hydrogen-bond donors (Lipinski definition) is 2. The molecule has 0 aliphatic rings. The molecule has 1 rings (SSSR count). The number of nitrogens with one attached hydrogen (secondary N) is 1. The van der Waals surface area contributed by atoms with Crippen molar-refractivity contribution in [1.29, 1.82) is 0 Å². The highest BCUT2D eigenvalue weighted by Crippen LogP contribution is 2.21. The molecular formula is C16H23BrN2O4. The van der Waals surface area contributed by atoms with Crippen LogP contribution in [-0.2, 0) is 4.74 Å². The minimum absolute atomic E-state index is 0.0924. The number of aromatic hydroxyl groups is 1. The molecule has 0 saturated heterocycles. The van der Waals surface area contributed by atoms with E-state index in [0.29, 0.717) is 17.6 Å². The Balaban J connectivity index is 2.55. The first-order valence-electron chi connectivity index (χ1n) is 7.38. The Labute approximate surface area is 144 Å². The van der Waals surface area contributed by atoms with E-state index in [9.17, 15) is 14.7 Å². The number of phenols is 1. The third-order valence-corrected chi connectivity index (χ3v) is 3.40. The van der Waals surface area contributed by atoms with Crippen molar-refractivity contribution in [3.05, 3.63) is 28.2 Å². The molecule has 0 heterocycles. The molecule has 0 atom stereocenters. The van der Waals surface area contributed by atoms with Gasteiger partial charge in [-0.15, -0.1) is 0 Å². The van der Waals surface area contributed by atoms with E-state index in [1.54, 1.807) is 26.8 Å². The third-order valence-electron chi connectivity index (χ3n) is 2.90. The number of amides is 2. The maximum absolute atomic E-state index is 12.1. The Morgan fingerprint density at radius 2 is 2.00 bits per heavy atom. The number of halogens is 1. The number of ether oxygens (including phenoxy) is 1. The van der Waals surface area contributed by atoms with Crippen molar-refractivity contribution >= 4 is 27.9 Å². The highest BCUT2D eigenvalue weighted by Gasteiger charge is 2.21. The third kappa shape index (κ3) is 6.48. The van der Waals surface area contributed by atoms with Gasteiger partial charge in [0.05, 0.1) is 5.56 Å². The Kier molecular flexibility index (Phi) is 6.87. The van der Waals surface area contributed by atoms with E-state index >= 15 is 0 Å². The Morgan fingerprint density at radius 3 is 2.57 bits per heavy atom. The van der Waals surface area contributed by atoms with Crippen LogP contribution in [0.1, 0.15) is 38.1 Å². The second kappa shape index (κ2) is 8.19. The van der Waals surface area contributed by atoms with Crippen molar-refractivity contribution in [3.63, 3.8) is 0 Å². The first-order valence-corrected chi connectivity index (χ1v) is 8.18. The van der Waals surface area contributed by atoms with Crippen LogP contribution in [0.15, 0.2) is 22.7 Å². The van der Waals surface area contributed by atoms with Crippen LogP contribution in [0, 0.1) is 0 Å². The lowest BCUT2D eigenvalue weighted by atomic mass is 10.2. The second-order valence-corrected chi connectivity index (χ2v) is 6.89. The van der Waals surface area contributed by atoms with E-state index in [1.807, 2.05) is 6.92 Å². The molecule has 0 aliphatic heterocycles. The summed E-state index contributed by atoms with van der Waals surface area (Å²) in [5, 5.41) is 12.4. The van der Waals surface area contributed by atoms with Gasteiger partial charge in [0.1, 0.15) is 11.4 Å². The summed E-state index contributed by atoms with van der Waals surface area (Å²) in [7, 11) is 0. The number of likely N-dealkylation sites (N-methyl/N-ethyl adjacent to an activating group) is 1. The van der Waals surface area contributed by atoms with Crippen LogP contribution in [0.25, 0.3) is 0 Å². The van der Waals surface area contributed by atoms with Crippen LogP contribution >= 0.6 is 15.9 Å². The van der Waals surface area contributed by atoms with Crippen LogP contribution < -0.4 is 5.32 Å². The van der Waals surface area contributed by atoms with Crippen molar-refractivity contribution in [2.75, 3.05) is 19.6 Å². The summed E-state index contributed by atoms with van der Waals surface area (Å²) in [4.78, 5) is 25.5. The maximum Gasteiger partial charge on any atom is 0.410 e. The molecule has 7 heteroatoms. The van der Waals surface area contributed by atoms with Gasteiger partial charge in [-0.05, 0) is 45.9 Å². The topological polar surface area (TPSA) is 78.9 Å². The zero-order valence-corrected chi connectivity index (χ0v) is 15.4. The number of benzene rings is 1. The first-order chi connectivity index (χ1) is 10.6. The van der Waals surface area contributed by atoms with Crippen LogP contribution in [-0.4, -0.2) is 47.2 Å². The molecular weight excluding hydrogens is 364 g/mol. The molecule has 0 aromatic heterocycles. The predicted octanol–water partition coefficient (Wildman–Crippen LogP) is 3.14. The van der Waals surface area contributed by atoms with E-state index in [2.05, 4.69) is 21.2 Å². The van der Waals surface area contributed by atoms with E-state index in [0.717, 1.165) is 0 Å². The van der Waals surface area contributed by atoms with Crippen molar-refractivity contribution in [2.45, 2.75) is 33.3 Å². The highest BCUT2D eigenvalue weighted by molar-refractivity contribution is 9.10. The summed E-state index contributed by atoms with van der Waals surface area (Å²) in [6.07, 6.45) is -0.417. The van der Waals surface area contributed by atoms with Gasteiger partial charge >= 0.3 is 6.09 Å². The Hall–Kier alpha value is -1.76. The van der Waals surface area contributed by atoms with Gasteiger partial charge < -0.3 is 20.1 Å². The van der Waals surface area contributed by atoms with Crippen LogP contribution in [0.3, 0.4) is 0 Å². The number of carbonyl (C=O) groups is 2. The van der Waals surface area contributed by atoms with E-state index < -0.39 is 17.6 Å². The summed E-state index contributed by atoms with van der Waals surface area (Å²) < 4.78 is 5.99. The lowest BCUT2D eigenvalue weighted by molar-refractivity contribution is 0.0260.